The van der Waals surface area contributed by atoms with Crippen LogP contribution in [0.5, 0.6) is 0 Å². The number of rotatable bonds is 4. The van der Waals surface area contributed by atoms with Gasteiger partial charge in [0.25, 0.3) is 0 Å². The van der Waals surface area contributed by atoms with Gasteiger partial charge in [-0.2, -0.15) is 10.2 Å². The summed E-state index contributed by atoms with van der Waals surface area (Å²) < 4.78 is 0. The summed E-state index contributed by atoms with van der Waals surface area (Å²) >= 11 is 0. The van der Waals surface area contributed by atoms with Gasteiger partial charge in [-0.3, -0.25) is 4.79 Å². The summed E-state index contributed by atoms with van der Waals surface area (Å²) in [5, 5.41) is 11.5. The molecule has 0 radical (unpaired) electrons. The maximum Gasteiger partial charge on any atom is 0.185 e. The molecule has 1 saturated carbocycles. The van der Waals surface area contributed by atoms with Gasteiger partial charge in [-0.1, -0.05) is 0 Å². The molecule has 0 N–H and O–H groups in total. The standard InChI is InChI=1S/C13H20N4O/c1-16(2)14-9-7-11-5-6-12(13(11)18)8-10-15-17(3)4/h7-10H,5-6H2,1-4H3/b11-7+,12-8+,14-9+,15-10+. The first-order valence-electron chi connectivity index (χ1n) is 5.86. The summed E-state index contributed by atoms with van der Waals surface area (Å²) in [5.74, 6) is 0.102. The fraction of sp³-hybridized carbons (Fsp3) is 0.462. The molecule has 0 spiro atoms. The van der Waals surface area contributed by atoms with Crippen molar-refractivity contribution in [3.8, 4) is 0 Å². The first kappa shape index (κ1) is 14.2. The molecule has 0 atom stereocenters. The van der Waals surface area contributed by atoms with Crippen molar-refractivity contribution < 1.29 is 4.79 Å². The van der Waals surface area contributed by atoms with Crippen LogP contribution in [-0.4, -0.2) is 56.4 Å². The molecule has 0 unspecified atom stereocenters. The third kappa shape index (κ3) is 4.53. The molecule has 0 aromatic rings. The fourth-order valence-electron chi connectivity index (χ4n) is 1.53. The van der Waals surface area contributed by atoms with Crippen LogP contribution in [0, 0.1) is 0 Å². The highest BCUT2D eigenvalue weighted by Crippen LogP contribution is 2.25. The van der Waals surface area contributed by atoms with E-state index < -0.39 is 0 Å². The van der Waals surface area contributed by atoms with Crippen molar-refractivity contribution in [2.75, 3.05) is 28.2 Å². The molecule has 0 heterocycles. The van der Waals surface area contributed by atoms with Crippen LogP contribution in [-0.2, 0) is 4.79 Å². The quantitative estimate of drug-likeness (QED) is 0.428. The molecule has 0 saturated heterocycles. The highest BCUT2D eigenvalue weighted by molar-refractivity contribution is 6.13. The predicted octanol–water partition coefficient (Wildman–Crippen LogP) is 1.30. The molecule has 0 bridgehead atoms. The van der Waals surface area contributed by atoms with Crippen LogP contribution in [0.1, 0.15) is 12.8 Å². The number of hydrazone groups is 2. The molecular weight excluding hydrogens is 228 g/mol. The summed E-state index contributed by atoms with van der Waals surface area (Å²) in [6.45, 7) is 0. The minimum absolute atomic E-state index is 0.102. The number of carbonyl (C=O) groups excluding carboxylic acids is 1. The van der Waals surface area contributed by atoms with E-state index in [9.17, 15) is 4.79 Å². The first-order valence-corrected chi connectivity index (χ1v) is 5.86. The normalized spacial score (nSPS) is 20.8. The van der Waals surface area contributed by atoms with E-state index >= 15 is 0 Å². The second kappa shape index (κ2) is 6.74. The zero-order valence-electron chi connectivity index (χ0n) is 11.4. The molecular formula is C13H20N4O. The van der Waals surface area contributed by atoms with Gasteiger partial charge in [0.15, 0.2) is 5.78 Å². The van der Waals surface area contributed by atoms with E-state index in [1.807, 2.05) is 28.2 Å². The number of hydrogen-bond acceptors (Lipinski definition) is 5. The maximum absolute atomic E-state index is 12.0. The van der Waals surface area contributed by atoms with Gasteiger partial charge in [0.05, 0.1) is 0 Å². The zero-order valence-corrected chi connectivity index (χ0v) is 11.4. The maximum atomic E-state index is 12.0. The summed E-state index contributed by atoms with van der Waals surface area (Å²) in [6.07, 6.45) is 8.44. The number of Topliss-reactive ketones (excluding diaryl/α,β-unsaturated/α-hetero) is 1. The second-order valence-electron chi connectivity index (χ2n) is 4.44. The SMILES string of the molecule is CN(C)/N=C/C=C1\CC/C(=C\C=N\N(C)C)C1=O. The summed E-state index contributed by atoms with van der Waals surface area (Å²) in [4.78, 5) is 12.0. The van der Waals surface area contributed by atoms with Crippen molar-refractivity contribution in [2.24, 2.45) is 10.2 Å². The van der Waals surface area contributed by atoms with Gasteiger partial charge >= 0.3 is 0 Å². The second-order valence-corrected chi connectivity index (χ2v) is 4.44. The van der Waals surface area contributed by atoms with Crippen LogP contribution in [0.3, 0.4) is 0 Å². The van der Waals surface area contributed by atoms with Gasteiger partial charge in [-0.05, 0) is 25.0 Å². The molecule has 18 heavy (non-hydrogen) atoms. The Labute approximate surface area is 108 Å². The molecule has 5 nitrogen and oxygen atoms in total. The Balaban J connectivity index is 2.67. The zero-order chi connectivity index (χ0) is 13.5. The number of allylic oxidation sites excluding steroid dienone is 4. The Morgan fingerprint density at radius 1 is 0.889 bits per heavy atom. The Morgan fingerprint density at radius 2 is 1.28 bits per heavy atom. The van der Waals surface area contributed by atoms with Crippen LogP contribution in [0.25, 0.3) is 0 Å². The number of carbonyl (C=O) groups is 1. The lowest BCUT2D eigenvalue weighted by Gasteiger charge is -2.00. The first-order chi connectivity index (χ1) is 8.50. The van der Waals surface area contributed by atoms with Gasteiger partial charge in [-0.15, -0.1) is 0 Å². The van der Waals surface area contributed by atoms with Gasteiger partial charge < -0.3 is 10.0 Å². The van der Waals surface area contributed by atoms with E-state index in [1.54, 1.807) is 34.6 Å². The lowest BCUT2D eigenvalue weighted by Crippen LogP contribution is -2.02. The van der Waals surface area contributed by atoms with Gasteiger partial charge in [0.1, 0.15) is 0 Å². The average molecular weight is 248 g/mol. The highest BCUT2D eigenvalue weighted by atomic mass is 16.1. The molecule has 1 aliphatic rings. The molecule has 98 valence electrons. The van der Waals surface area contributed by atoms with Crippen LogP contribution in [0.2, 0.25) is 0 Å². The molecule has 5 heteroatoms. The summed E-state index contributed by atoms with van der Waals surface area (Å²) in [7, 11) is 7.37. The molecule has 1 aliphatic carbocycles. The fourth-order valence-corrected chi connectivity index (χ4v) is 1.53. The van der Waals surface area contributed by atoms with Gasteiger partial charge in [-0.25, -0.2) is 0 Å². The third-order valence-corrected chi connectivity index (χ3v) is 2.39. The van der Waals surface area contributed by atoms with Crippen LogP contribution in [0.4, 0.5) is 0 Å². The molecule has 0 aromatic heterocycles. The van der Waals surface area contributed by atoms with Crippen LogP contribution >= 0.6 is 0 Å². The molecule has 0 amide bonds. The minimum atomic E-state index is 0.102. The third-order valence-electron chi connectivity index (χ3n) is 2.39. The van der Waals surface area contributed by atoms with Crippen molar-refractivity contribution in [3.05, 3.63) is 23.3 Å². The Bertz CT molecular complexity index is 379. The Kier molecular flexibility index (Phi) is 5.30. The predicted molar refractivity (Wildman–Crippen MR) is 74.8 cm³/mol. The number of nitrogens with zero attached hydrogens (tertiary/aromatic N) is 4. The van der Waals surface area contributed by atoms with E-state index in [0.29, 0.717) is 0 Å². The molecule has 1 fully saturated rings. The van der Waals surface area contributed by atoms with Crippen molar-refractivity contribution in [1.29, 1.82) is 0 Å². The lowest BCUT2D eigenvalue weighted by molar-refractivity contribution is -0.111. The number of ketones is 1. The van der Waals surface area contributed by atoms with E-state index in [2.05, 4.69) is 10.2 Å². The average Bonchev–Trinajstić information content (AvgIpc) is 2.60. The highest BCUT2D eigenvalue weighted by Gasteiger charge is 2.21. The summed E-state index contributed by atoms with van der Waals surface area (Å²) in [6, 6.07) is 0. The van der Waals surface area contributed by atoms with E-state index in [0.717, 1.165) is 24.0 Å². The van der Waals surface area contributed by atoms with Crippen LogP contribution < -0.4 is 0 Å². The van der Waals surface area contributed by atoms with Crippen molar-refractivity contribution in [3.63, 3.8) is 0 Å². The van der Waals surface area contributed by atoms with Crippen molar-refractivity contribution >= 4 is 18.2 Å². The van der Waals surface area contributed by atoms with E-state index in [1.165, 1.54) is 0 Å². The largest absolute Gasteiger partial charge is 0.303 e. The molecule has 1 rings (SSSR count). The van der Waals surface area contributed by atoms with Crippen molar-refractivity contribution in [2.45, 2.75) is 12.8 Å². The smallest absolute Gasteiger partial charge is 0.185 e. The van der Waals surface area contributed by atoms with Crippen LogP contribution in [0.15, 0.2) is 33.5 Å². The van der Waals surface area contributed by atoms with Crippen molar-refractivity contribution in [1.82, 2.24) is 10.0 Å². The molecule has 0 aromatic carbocycles. The molecule has 0 aliphatic heterocycles. The monoisotopic (exact) mass is 248 g/mol. The Morgan fingerprint density at radius 3 is 1.61 bits per heavy atom. The lowest BCUT2D eigenvalue weighted by atomic mass is 10.1. The summed E-state index contributed by atoms with van der Waals surface area (Å²) in [5.41, 5.74) is 1.62. The Hall–Kier alpha value is -1.91. The number of hydrogen-bond donors (Lipinski definition) is 0. The van der Waals surface area contributed by atoms with Gasteiger partial charge in [0, 0.05) is 51.8 Å². The van der Waals surface area contributed by atoms with Gasteiger partial charge in [0.2, 0.25) is 0 Å². The minimum Gasteiger partial charge on any atom is -0.303 e. The topological polar surface area (TPSA) is 48.3 Å². The van der Waals surface area contributed by atoms with E-state index in [-0.39, 0.29) is 5.78 Å². The van der Waals surface area contributed by atoms with E-state index in [4.69, 9.17) is 0 Å².